The molecule has 0 saturated heterocycles. The monoisotopic (exact) mass is 469 g/mol. The molecule has 0 spiro atoms. The van der Waals surface area contributed by atoms with Gasteiger partial charge in [-0.05, 0) is 35.4 Å². The first kappa shape index (κ1) is 24.1. The molecule has 0 heterocycles. The van der Waals surface area contributed by atoms with Crippen LogP contribution in [0.25, 0.3) is 0 Å². The molecule has 2 unspecified atom stereocenters. The number of alkyl halides is 6. The minimum Gasteiger partial charge on any atom is -0.439 e. The third kappa shape index (κ3) is 6.17. The fourth-order valence-corrected chi connectivity index (χ4v) is 2.95. The van der Waals surface area contributed by atoms with Crippen LogP contribution in [0.3, 0.4) is 0 Å². The van der Waals surface area contributed by atoms with Gasteiger partial charge in [0.15, 0.2) is 6.10 Å². The molecule has 6 nitrogen and oxygen atoms in total. The highest BCUT2D eigenvalue weighted by Crippen LogP contribution is 2.40. The lowest BCUT2D eigenvalue weighted by molar-refractivity contribution is -0.138. The Morgan fingerprint density at radius 1 is 0.935 bits per heavy atom. The lowest BCUT2D eigenvalue weighted by atomic mass is 9.93. The second-order valence-corrected chi connectivity index (χ2v) is 6.53. The number of halogens is 7. The van der Waals surface area contributed by atoms with Gasteiger partial charge in [0.1, 0.15) is 0 Å². The number of nitrogens with one attached hydrogen (secondary N) is 1. The van der Waals surface area contributed by atoms with Gasteiger partial charge in [0.2, 0.25) is 0 Å². The molecule has 0 aliphatic carbocycles. The highest BCUT2D eigenvalue weighted by Gasteiger charge is 2.37. The van der Waals surface area contributed by atoms with Gasteiger partial charge >= 0.3 is 24.5 Å². The van der Waals surface area contributed by atoms with Crippen LogP contribution in [0.5, 0.6) is 0 Å². The summed E-state index contributed by atoms with van der Waals surface area (Å²) < 4.78 is 82.8. The summed E-state index contributed by atoms with van der Waals surface area (Å²) in [6.07, 6.45) is -14.8. The Balaban J connectivity index is 2.61. The van der Waals surface area contributed by atoms with Crippen LogP contribution in [0.15, 0.2) is 42.5 Å². The Bertz CT molecular complexity index is 963. The molecule has 2 atom stereocenters. The molecule has 2 aromatic carbocycles. The Labute approximate surface area is 175 Å². The quantitative estimate of drug-likeness (QED) is 0.573. The van der Waals surface area contributed by atoms with Crippen LogP contribution >= 0.6 is 11.6 Å². The molecule has 3 N–H and O–H groups in total. The van der Waals surface area contributed by atoms with Crippen molar-refractivity contribution in [1.29, 1.82) is 0 Å². The first-order valence-corrected chi connectivity index (χ1v) is 8.55. The summed E-state index contributed by atoms with van der Waals surface area (Å²) in [4.78, 5) is 22.5. The third-order valence-electron chi connectivity index (χ3n) is 4.04. The van der Waals surface area contributed by atoms with Crippen molar-refractivity contribution >= 4 is 23.8 Å². The van der Waals surface area contributed by atoms with Crippen LogP contribution in [0.4, 0.5) is 35.9 Å². The molecule has 2 amide bonds. The van der Waals surface area contributed by atoms with E-state index in [1.807, 2.05) is 0 Å². The summed E-state index contributed by atoms with van der Waals surface area (Å²) in [6.45, 7) is 0. The molecule has 167 valence electrons. The molecule has 0 aliphatic heterocycles. The highest BCUT2D eigenvalue weighted by atomic mass is 35.5. The number of benzene rings is 2. The zero-order valence-corrected chi connectivity index (χ0v) is 15.8. The standard InChI is InChI=1S/C18H12ClF6N2O4/c19-12-6-3-9(7-11(12)18(23,24)25)13(27-16(29)30)14(31-15(26)28)8-1-4-10(5-2-8)17(20,21)22/h1-7,13-14,27H,(H2,26,28). The molecule has 0 fully saturated rings. The van der Waals surface area contributed by atoms with E-state index in [9.17, 15) is 41.0 Å². The lowest BCUT2D eigenvalue weighted by Crippen LogP contribution is -2.34. The maximum absolute atomic E-state index is 13.2. The van der Waals surface area contributed by atoms with E-state index in [1.165, 1.54) is 0 Å². The summed E-state index contributed by atoms with van der Waals surface area (Å²) >= 11 is 5.55. The molecule has 0 bridgehead atoms. The molecule has 13 heteroatoms. The van der Waals surface area contributed by atoms with E-state index in [2.05, 4.69) is 0 Å². The van der Waals surface area contributed by atoms with E-state index in [0.717, 1.165) is 24.3 Å². The number of carbonyl (C=O) groups excluding carboxylic acids is 2. The Hall–Kier alpha value is -3.15. The predicted octanol–water partition coefficient (Wildman–Crippen LogP) is 5.40. The molecule has 2 rings (SSSR count). The molecular weight excluding hydrogens is 458 g/mol. The van der Waals surface area contributed by atoms with E-state index in [1.54, 1.807) is 5.32 Å². The summed E-state index contributed by atoms with van der Waals surface area (Å²) in [5.74, 6) is 0. The topological polar surface area (TPSA) is 101 Å². The van der Waals surface area contributed by atoms with Crippen molar-refractivity contribution < 1.29 is 45.8 Å². The molecule has 1 radical (unpaired) electrons. The van der Waals surface area contributed by atoms with Crippen LogP contribution < -0.4 is 11.1 Å². The van der Waals surface area contributed by atoms with Crippen molar-refractivity contribution in [2.75, 3.05) is 0 Å². The number of carbonyl (C=O) groups is 2. The maximum atomic E-state index is 13.2. The minimum atomic E-state index is -4.91. The number of hydrogen-bond donors (Lipinski definition) is 2. The first-order valence-electron chi connectivity index (χ1n) is 8.17. The van der Waals surface area contributed by atoms with Gasteiger partial charge in [-0.3, -0.25) is 0 Å². The lowest BCUT2D eigenvalue weighted by Gasteiger charge is -2.27. The van der Waals surface area contributed by atoms with Crippen LogP contribution in [0.2, 0.25) is 5.02 Å². The van der Waals surface area contributed by atoms with Crippen molar-refractivity contribution in [3.05, 3.63) is 69.7 Å². The number of nitrogens with two attached hydrogens (primary N) is 1. The predicted molar refractivity (Wildman–Crippen MR) is 93.3 cm³/mol. The third-order valence-corrected chi connectivity index (χ3v) is 4.37. The van der Waals surface area contributed by atoms with E-state index in [4.69, 9.17) is 22.1 Å². The summed E-state index contributed by atoms with van der Waals surface area (Å²) in [7, 11) is 0. The molecule has 31 heavy (non-hydrogen) atoms. The van der Waals surface area contributed by atoms with Crippen molar-refractivity contribution in [3.8, 4) is 0 Å². The van der Waals surface area contributed by atoms with Gasteiger partial charge in [0.25, 0.3) is 0 Å². The van der Waals surface area contributed by atoms with Crippen molar-refractivity contribution in [1.82, 2.24) is 5.32 Å². The smallest absolute Gasteiger partial charge is 0.439 e. The molecule has 2 aromatic rings. The summed E-state index contributed by atoms with van der Waals surface area (Å²) in [6, 6.07) is 3.58. The number of hydrogen-bond acceptors (Lipinski definition) is 3. The Morgan fingerprint density at radius 2 is 1.48 bits per heavy atom. The SMILES string of the molecule is NC(=O)OC(c1ccc(C(F)(F)F)cc1)C(NC([O])=O)c1ccc(Cl)c(C(F)(F)F)c1. The second kappa shape index (κ2) is 8.92. The zero-order valence-electron chi connectivity index (χ0n) is 15.1. The van der Waals surface area contributed by atoms with Gasteiger partial charge in [-0.15, -0.1) is 0 Å². The molecule has 0 aromatic heterocycles. The zero-order chi connectivity index (χ0) is 23.6. The minimum absolute atomic E-state index is 0.186. The average Bonchev–Trinajstić information content (AvgIpc) is 2.63. The van der Waals surface area contributed by atoms with E-state index in [-0.39, 0.29) is 11.1 Å². The van der Waals surface area contributed by atoms with Crippen LogP contribution in [-0.2, 0) is 22.2 Å². The maximum Gasteiger partial charge on any atom is 0.451 e. The van der Waals surface area contributed by atoms with Gasteiger partial charge in [-0.2, -0.15) is 26.3 Å². The fourth-order valence-electron chi connectivity index (χ4n) is 2.73. The van der Waals surface area contributed by atoms with Gasteiger partial charge in [-0.25, -0.2) is 14.7 Å². The number of rotatable bonds is 5. The van der Waals surface area contributed by atoms with E-state index >= 15 is 0 Å². The van der Waals surface area contributed by atoms with Crippen molar-refractivity contribution in [2.24, 2.45) is 5.73 Å². The highest BCUT2D eigenvalue weighted by molar-refractivity contribution is 6.31. The van der Waals surface area contributed by atoms with Crippen LogP contribution in [0.1, 0.15) is 34.4 Å². The Kier molecular flexibility index (Phi) is 6.94. The average molecular weight is 470 g/mol. The van der Waals surface area contributed by atoms with Crippen molar-refractivity contribution in [2.45, 2.75) is 24.5 Å². The van der Waals surface area contributed by atoms with Gasteiger partial charge in [0.05, 0.1) is 22.2 Å². The van der Waals surface area contributed by atoms with Crippen molar-refractivity contribution in [3.63, 3.8) is 0 Å². The summed E-state index contributed by atoms with van der Waals surface area (Å²) in [5, 5.41) is 12.2. The molecular formula is C18H12ClF6N2O4. The summed E-state index contributed by atoms with van der Waals surface area (Å²) in [5.41, 5.74) is 2.03. The van der Waals surface area contributed by atoms with E-state index < -0.39 is 52.8 Å². The Morgan fingerprint density at radius 3 is 1.94 bits per heavy atom. The molecule has 0 saturated carbocycles. The molecule has 0 aliphatic rings. The fraction of sp³-hybridized carbons (Fsp3) is 0.222. The largest absolute Gasteiger partial charge is 0.451 e. The van der Waals surface area contributed by atoms with Gasteiger partial charge in [-0.1, -0.05) is 29.8 Å². The number of primary amides is 1. The van der Waals surface area contributed by atoms with E-state index in [0.29, 0.717) is 18.2 Å². The number of amides is 2. The number of ether oxygens (including phenoxy) is 1. The normalized spacial score (nSPS) is 13.9. The van der Waals surface area contributed by atoms with Gasteiger partial charge in [0, 0.05) is 0 Å². The van der Waals surface area contributed by atoms with Gasteiger partial charge < -0.3 is 15.8 Å². The van der Waals surface area contributed by atoms with Crippen LogP contribution in [0, 0.1) is 0 Å². The van der Waals surface area contributed by atoms with Crippen LogP contribution in [-0.4, -0.2) is 12.2 Å². The first-order chi connectivity index (χ1) is 14.2. The second-order valence-electron chi connectivity index (χ2n) is 6.12.